The normalized spacial score (nSPS) is 14.8. The molecule has 25 heavy (non-hydrogen) atoms. The number of nitrogens with zero attached hydrogens (tertiary/aromatic N) is 1. The van der Waals surface area contributed by atoms with E-state index in [4.69, 9.17) is 0 Å². The third-order valence-electron chi connectivity index (χ3n) is 3.57. The summed E-state index contributed by atoms with van der Waals surface area (Å²) in [6, 6.07) is 7.02. The first-order valence-corrected chi connectivity index (χ1v) is 7.38. The first-order chi connectivity index (χ1) is 11.4. The summed E-state index contributed by atoms with van der Waals surface area (Å²) in [6.07, 6.45) is -6.06. The van der Waals surface area contributed by atoms with Crippen LogP contribution in [-0.4, -0.2) is 22.1 Å². The highest BCUT2D eigenvalue weighted by Gasteiger charge is 2.71. The predicted octanol–water partition coefficient (Wildman–Crippen LogP) is 4.79. The summed E-state index contributed by atoms with van der Waals surface area (Å²) in [4.78, 5) is 9.79. The molecule has 0 saturated heterocycles. The van der Waals surface area contributed by atoms with Gasteiger partial charge in [-0.25, -0.2) is 0 Å². The minimum atomic E-state index is -6.06. The number of nitro groups is 1. The smallest absolute Gasteiger partial charge is 0.374 e. The SMILES string of the molecule is O=[N+]([O-])c1ccc(C(O)(c2ccc(Br)cc2)C(F)(F)C(F)(F)F)cc1. The fourth-order valence-electron chi connectivity index (χ4n) is 2.25. The topological polar surface area (TPSA) is 63.4 Å². The van der Waals surface area contributed by atoms with Crippen molar-refractivity contribution in [1.29, 1.82) is 0 Å². The Bertz CT molecular complexity index is 777. The van der Waals surface area contributed by atoms with Crippen molar-refractivity contribution in [2.24, 2.45) is 0 Å². The Balaban J connectivity index is 2.72. The zero-order chi connectivity index (χ0) is 19.0. The van der Waals surface area contributed by atoms with Gasteiger partial charge in [-0.15, -0.1) is 0 Å². The van der Waals surface area contributed by atoms with Gasteiger partial charge in [-0.2, -0.15) is 22.0 Å². The van der Waals surface area contributed by atoms with Crippen LogP contribution in [0.2, 0.25) is 0 Å². The van der Waals surface area contributed by atoms with Crippen LogP contribution in [0.5, 0.6) is 0 Å². The van der Waals surface area contributed by atoms with Gasteiger partial charge in [-0.3, -0.25) is 10.1 Å². The predicted molar refractivity (Wildman–Crippen MR) is 81.2 cm³/mol. The summed E-state index contributed by atoms with van der Waals surface area (Å²) < 4.78 is 67.7. The Kier molecular flexibility index (Phi) is 4.88. The van der Waals surface area contributed by atoms with E-state index in [0.29, 0.717) is 16.6 Å². The maximum atomic E-state index is 14.2. The molecule has 4 nitrogen and oxygen atoms in total. The molecule has 0 amide bonds. The Morgan fingerprint density at radius 3 is 1.64 bits per heavy atom. The number of rotatable bonds is 4. The third kappa shape index (κ3) is 3.23. The molecule has 0 aliphatic rings. The van der Waals surface area contributed by atoms with Gasteiger partial charge in [0.2, 0.25) is 0 Å². The van der Waals surface area contributed by atoms with E-state index in [2.05, 4.69) is 15.9 Å². The van der Waals surface area contributed by atoms with Gasteiger partial charge in [0, 0.05) is 16.6 Å². The van der Waals surface area contributed by atoms with Crippen LogP contribution in [0.4, 0.5) is 27.6 Å². The molecule has 0 heterocycles. The molecule has 2 rings (SSSR count). The quantitative estimate of drug-likeness (QED) is 0.435. The summed E-state index contributed by atoms with van der Waals surface area (Å²) >= 11 is 3.02. The Hall–Kier alpha value is -2.07. The second kappa shape index (κ2) is 6.34. The van der Waals surface area contributed by atoms with Crippen LogP contribution in [0.25, 0.3) is 0 Å². The molecule has 0 radical (unpaired) electrons. The minimum Gasteiger partial charge on any atom is -0.374 e. The molecule has 0 aromatic heterocycles. The van der Waals surface area contributed by atoms with Gasteiger partial charge in [-0.05, 0) is 35.4 Å². The van der Waals surface area contributed by atoms with Crippen molar-refractivity contribution in [2.45, 2.75) is 17.7 Å². The van der Waals surface area contributed by atoms with Gasteiger partial charge in [0.25, 0.3) is 5.69 Å². The van der Waals surface area contributed by atoms with E-state index in [1.54, 1.807) is 0 Å². The van der Waals surface area contributed by atoms with Crippen LogP contribution >= 0.6 is 15.9 Å². The van der Waals surface area contributed by atoms with E-state index in [9.17, 15) is 37.2 Å². The van der Waals surface area contributed by atoms with E-state index in [0.717, 1.165) is 24.3 Å². The zero-order valence-corrected chi connectivity index (χ0v) is 13.7. The Morgan fingerprint density at radius 2 is 1.28 bits per heavy atom. The number of halogens is 6. The van der Waals surface area contributed by atoms with Crippen molar-refractivity contribution >= 4 is 21.6 Å². The van der Waals surface area contributed by atoms with Crippen LogP contribution in [0, 0.1) is 10.1 Å². The van der Waals surface area contributed by atoms with Crippen LogP contribution in [0.1, 0.15) is 11.1 Å². The zero-order valence-electron chi connectivity index (χ0n) is 12.1. The van der Waals surface area contributed by atoms with Gasteiger partial charge in [0.05, 0.1) is 4.92 Å². The van der Waals surface area contributed by atoms with Crippen LogP contribution in [0.15, 0.2) is 53.0 Å². The van der Waals surface area contributed by atoms with Crippen LogP contribution in [-0.2, 0) is 5.60 Å². The number of non-ortho nitro benzene ring substituents is 1. The van der Waals surface area contributed by atoms with E-state index in [1.807, 2.05) is 0 Å². The second-order valence-corrected chi connectivity index (χ2v) is 6.01. The average Bonchev–Trinajstić information content (AvgIpc) is 2.53. The second-order valence-electron chi connectivity index (χ2n) is 5.09. The molecule has 1 unspecified atom stereocenters. The number of hydrogen-bond donors (Lipinski definition) is 1. The molecular formula is C15H9BrF5NO3. The van der Waals surface area contributed by atoms with Gasteiger partial charge in [0.1, 0.15) is 0 Å². The molecule has 0 saturated carbocycles. The lowest BCUT2D eigenvalue weighted by Crippen LogP contribution is -2.55. The highest BCUT2D eigenvalue weighted by molar-refractivity contribution is 9.10. The summed E-state index contributed by atoms with van der Waals surface area (Å²) in [5.74, 6) is -5.55. The lowest BCUT2D eigenvalue weighted by atomic mass is 9.80. The van der Waals surface area contributed by atoms with Crippen molar-refractivity contribution < 1.29 is 32.0 Å². The highest BCUT2D eigenvalue weighted by atomic mass is 79.9. The fourth-order valence-corrected chi connectivity index (χ4v) is 2.51. The largest absolute Gasteiger partial charge is 0.457 e. The molecule has 0 fully saturated rings. The first kappa shape index (κ1) is 19.3. The summed E-state index contributed by atoms with van der Waals surface area (Å²) in [7, 11) is 0. The molecular weight excluding hydrogens is 417 g/mol. The fraction of sp³-hybridized carbons (Fsp3) is 0.200. The molecule has 2 aromatic carbocycles. The van der Waals surface area contributed by atoms with Crippen molar-refractivity contribution in [3.63, 3.8) is 0 Å². The monoisotopic (exact) mass is 425 g/mol. The number of benzene rings is 2. The lowest BCUT2D eigenvalue weighted by Gasteiger charge is -2.37. The molecule has 2 aromatic rings. The van der Waals surface area contributed by atoms with Crippen molar-refractivity contribution in [3.8, 4) is 0 Å². The Labute approximate surface area is 146 Å². The number of aliphatic hydroxyl groups is 1. The maximum absolute atomic E-state index is 14.2. The van der Waals surface area contributed by atoms with Gasteiger partial charge in [0.15, 0.2) is 5.60 Å². The number of nitro benzene ring substituents is 1. The van der Waals surface area contributed by atoms with E-state index in [-0.39, 0.29) is 0 Å². The summed E-state index contributed by atoms with van der Waals surface area (Å²) in [5.41, 5.74) is -5.83. The third-order valence-corrected chi connectivity index (χ3v) is 4.10. The van der Waals surface area contributed by atoms with E-state index >= 15 is 0 Å². The lowest BCUT2D eigenvalue weighted by molar-refractivity contribution is -0.384. The van der Waals surface area contributed by atoms with Gasteiger partial charge < -0.3 is 5.11 Å². The minimum absolute atomic E-state index is 0.401. The average molecular weight is 426 g/mol. The summed E-state index contributed by atoms with van der Waals surface area (Å²) in [6.45, 7) is 0. The molecule has 1 N–H and O–H groups in total. The standard InChI is InChI=1S/C15H9BrF5NO3/c16-11-5-1-9(2-6-11)13(23,14(17,18)15(19,20)21)10-3-7-12(8-4-10)22(24)25/h1-8,23H. The summed E-state index contributed by atoms with van der Waals surface area (Å²) in [5, 5.41) is 21.1. The van der Waals surface area contributed by atoms with Crippen molar-refractivity contribution in [3.05, 3.63) is 74.2 Å². The highest BCUT2D eigenvalue weighted by Crippen LogP contribution is 2.51. The molecule has 1 atom stereocenters. The maximum Gasteiger partial charge on any atom is 0.457 e. The molecule has 0 spiro atoms. The van der Waals surface area contributed by atoms with Crippen LogP contribution < -0.4 is 0 Å². The van der Waals surface area contributed by atoms with Crippen LogP contribution in [0.3, 0.4) is 0 Å². The van der Waals surface area contributed by atoms with Crippen molar-refractivity contribution in [2.75, 3.05) is 0 Å². The number of hydrogen-bond acceptors (Lipinski definition) is 3. The van der Waals surface area contributed by atoms with Crippen molar-refractivity contribution in [1.82, 2.24) is 0 Å². The van der Waals surface area contributed by atoms with E-state index in [1.165, 1.54) is 12.1 Å². The van der Waals surface area contributed by atoms with Gasteiger partial charge in [-0.1, -0.05) is 28.1 Å². The number of alkyl halides is 5. The molecule has 10 heteroatoms. The molecule has 0 aliphatic heterocycles. The Morgan fingerprint density at radius 1 is 0.880 bits per heavy atom. The van der Waals surface area contributed by atoms with Gasteiger partial charge >= 0.3 is 12.1 Å². The molecule has 0 bridgehead atoms. The first-order valence-electron chi connectivity index (χ1n) is 6.59. The molecule has 0 aliphatic carbocycles. The van der Waals surface area contributed by atoms with E-state index < -0.39 is 39.4 Å². The molecule has 134 valence electrons.